The van der Waals surface area contributed by atoms with Crippen molar-refractivity contribution in [3.63, 3.8) is 0 Å². The second-order valence-corrected chi connectivity index (χ2v) is 2.71. The van der Waals surface area contributed by atoms with Gasteiger partial charge in [-0.05, 0) is 5.92 Å². The van der Waals surface area contributed by atoms with Gasteiger partial charge in [0.25, 0.3) is 0 Å². The normalized spacial score (nSPS) is 25.0. The lowest BCUT2D eigenvalue weighted by atomic mass is 10.1. The first-order chi connectivity index (χ1) is 4.74. The van der Waals surface area contributed by atoms with Crippen molar-refractivity contribution >= 4 is 5.91 Å². The fourth-order valence-electron chi connectivity index (χ4n) is 1.22. The smallest absolute Gasteiger partial charge is 0.222 e. The van der Waals surface area contributed by atoms with Crippen LogP contribution in [0.1, 0.15) is 12.8 Å². The maximum absolute atomic E-state index is 10.9. The van der Waals surface area contributed by atoms with E-state index < -0.39 is 0 Å². The van der Waals surface area contributed by atoms with E-state index in [9.17, 15) is 4.79 Å². The lowest BCUT2D eigenvalue weighted by Crippen LogP contribution is -2.18. The van der Waals surface area contributed by atoms with Crippen molar-refractivity contribution in [3.8, 4) is 6.07 Å². The second kappa shape index (κ2) is 2.70. The van der Waals surface area contributed by atoms with Crippen LogP contribution in [0.25, 0.3) is 0 Å². The summed E-state index contributed by atoms with van der Waals surface area (Å²) in [5.41, 5.74) is 0. The molecule has 0 aliphatic carbocycles. The summed E-state index contributed by atoms with van der Waals surface area (Å²) in [6.45, 7) is 0.756. The van der Waals surface area contributed by atoms with E-state index in [4.69, 9.17) is 5.26 Å². The highest BCUT2D eigenvalue weighted by atomic mass is 16.2. The topological polar surface area (TPSA) is 44.1 Å². The zero-order valence-corrected chi connectivity index (χ0v) is 6.00. The van der Waals surface area contributed by atoms with Gasteiger partial charge in [-0.1, -0.05) is 0 Å². The van der Waals surface area contributed by atoms with Gasteiger partial charge in [-0.2, -0.15) is 5.26 Å². The molecule has 0 aromatic rings. The Morgan fingerprint density at radius 3 is 3.00 bits per heavy atom. The molecule has 3 nitrogen and oxygen atoms in total. The molecular formula is C7H10N2O. The van der Waals surface area contributed by atoms with Crippen LogP contribution in [0, 0.1) is 17.2 Å². The van der Waals surface area contributed by atoms with Gasteiger partial charge in [0.2, 0.25) is 5.91 Å². The first-order valence-electron chi connectivity index (χ1n) is 3.35. The number of carbonyl (C=O) groups is 1. The predicted octanol–water partition coefficient (Wildman–Crippen LogP) is 0.378. The number of hydrogen-bond acceptors (Lipinski definition) is 2. The summed E-state index contributed by atoms with van der Waals surface area (Å²) in [7, 11) is 1.78. The van der Waals surface area contributed by atoms with Crippen LogP contribution in [0.4, 0.5) is 0 Å². The van der Waals surface area contributed by atoms with Crippen molar-refractivity contribution in [1.82, 2.24) is 4.90 Å². The van der Waals surface area contributed by atoms with E-state index in [2.05, 4.69) is 6.07 Å². The molecule has 0 saturated carbocycles. The molecule has 1 fully saturated rings. The third kappa shape index (κ3) is 1.27. The molecule has 0 bridgehead atoms. The molecule has 54 valence electrons. The minimum Gasteiger partial charge on any atom is -0.345 e. The number of hydrogen-bond donors (Lipinski definition) is 0. The van der Waals surface area contributed by atoms with Crippen molar-refractivity contribution in [1.29, 1.82) is 5.26 Å². The largest absolute Gasteiger partial charge is 0.345 e. The van der Waals surface area contributed by atoms with Crippen molar-refractivity contribution in [3.05, 3.63) is 0 Å². The Morgan fingerprint density at radius 1 is 1.90 bits per heavy atom. The van der Waals surface area contributed by atoms with Gasteiger partial charge in [0.1, 0.15) is 0 Å². The van der Waals surface area contributed by atoms with Gasteiger partial charge >= 0.3 is 0 Å². The molecule has 1 heterocycles. The standard InChI is InChI=1S/C7H10N2O/c1-9-5-6(2-3-8)4-7(9)10/h6H,2,4-5H2,1H3/t6-/m1/s1. The summed E-state index contributed by atoms with van der Waals surface area (Å²) >= 11 is 0. The van der Waals surface area contributed by atoms with Crippen LogP contribution in [0.5, 0.6) is 0 Å². The Kier molecular flexibility index (Phi) is 1.91. The van der Waals surface area contributed by atoms with Crippen LogP contribution in [0.2, 0.25) is 0 Å². The molecule has 1 rings (SSSR count). The van der Waals surface area contributed by atoms with Crippen LogP contribution < -0.4 is 0 Å². The summed E-state index contributed by atoms with van der Waals surface area (Å²) in [6, 6.07) is 2.07. The van der Waals surface area contributed by atoms with Gasteiger partial charge in [-0.15, -0.1) is 0 Å². The zero-order chi connectivity index (χ0) is 7.56. The van der Waals surface area contributed by atoms with Crippen LogP contribution in [0.3, 0.4) is 0 Å². The Bertz CT molecular complexity index is 183. The third-order valence-corrected chi connectivity index (χ3v) is 1.80. The number of rotatable bonds is 1. The zero-order valence-electron chi connectivity index (χ0n) is 6.00. The SMILES string of the molecule is CN1C[C@H](CC#N)CC1=O. The first kappa shape index (κ1) is 7.07. The van der Waals surface area contributed by atoms with Crippen LogP contribution in [-0.4, -0.2) is 24.4 Å². The number of nitriles is 1. The number of nitrogens with zero attached hydrogens (tertiary/aromatic N) is 2. The van der Waals surface area contributed by atoms with Crippen LogP contribution >= 0.6 is 0 Å². The van der Waals surface area contributed by atoms with Crippen LogP contribution in [-0.2, 0) is 4.79 Å². The summed E-state index contributed by atoms with van der Waals surface area (Å²) in [5.74, 6) is 0.447. The molecule has 1 atom stereocenters. The fourth-order valence-corrected chi connectivity index (χ4v) is 1.22. The molecule has 10 heavy (non-hydrogen) atoms. The second-order valence-electron chi connectivity index (χ2n) is 2.71. The Morgan fingerprint density at radius 2 is 2.60 bits per heavy atom. The van der Waals surface area contributed by atoms with Crippen molar-refractivity contribution in [2.45, 2.75) is 12.8 Å². The number of likely N-dealkylation sites (tertiary alicyclic amines) is 1. The highest BCUT2D eigenvalue weighted by molar-refractivity contribution is 5.78. The third-order valence-electron chi connectivity index (χ3n) is 1.80. The number of carbonyl (C=O) groups excluding carboxylic acids is 1. The maximum Gasteiger partial charge on any atom is 0.222 e. The summed E-state index contributed by atoms with van der Waals surface area (Å²) in [5, 5.41) is 8.32. The van der Waals surface area contributed by atoms with E-state index in [-0.39, 0.29) is 11.8 Å². The fraction of sp³-hybridized carbons (Fsp3) is 0.714. The quantitative estimate of drug-likeness (QED) is 0.525. The number of amides is 1. The average molecular weight is 138 g/mol. The Hall–Kier alpha value is -1.04. The molecule has 0 aromatic carbocycles. The molecule has 1 aliphatic rings. The van der Waals surface area contributed by atoms with E-state index in [1.807, 2.05) is 0 Å². The molecule has 0 aromatic heterocycles. The van der Waals surface area contributed by atoms with E-state index in [0.717, 1.165) is 6.54 Å². The van der Waals surface area contributed by atoms with Gasteiger partial charge in [0.15, 0.2) is 0 Å². The van der Waals surface area contributed by atoms with Gasteiger partial charge in [-0.3, -0.25) is 4.79 Å². The molecule has 1 aliphatic heterocycles. The van der Waals surface area contributed by atoms with Crippen LogP contribution in [0.15, 0.2) is 0 Å². The Balaban J connectivity index is 2.43. The molecule has 3 heteroatoms. The summed E-state index contributed by atoms with van der Waals surface area (Å²) in [6.07, 6.45) is 1.07. The molecule has 0 spiro atoms. The molecule has 0 radical (unpaired) electrons. The summed E-state index contributed by atoms with van der Waals surface area (Å²) < 4.78 is 0. The summed E-state index contributed by atoms with van der Waals surface area (Å²) in [4.78, 5) is 12.6. The van der Waals surface area contributed by atoms with E-state index in [0.29, 0.717) is 12.8 Å². The van der Waals surface area contributed by atoms with E-state index in [1.165, 1.54) is 0 Å². The van der Waals surface area contributed by atoms with E-state index >= 15 is 0 Å². The van der Waals surface area contributed by atoms with Gasteiger partial charge in [-0.25, -0.2) is 0 Å². The lowest BCUT2D eigenvalue weighted by molar-refractivity contribution is -0.126. The van der Waals surface area contributed by atoms with Gasteiger partial charge < -0.3 is 4.90 Å². The van der Waals surface area contributed by atoms with Crippen molar-refractivity contribution in [2.24, 2.45) is 5.92 Å². The van der Waals surface area contributed by atoms with Gasteiger partial charge in [0, 0.05) is 26.4 Å². The van der Waals surface area contributed by atoms with Crippen molar-refractivity contribution < 1.29 is 4.79 Å². The minimum atomic E-state index is 0.167. The highest BCUT2D eigenvalue weighted by Crippen LogP contribution is 2.18. The average Bonchev–Trinajstić information content (AvgIpc) is 2.14. The lowest BCUT2D eigenvalue weighted by Gasteiger charge is -2.06. The molecule has 1 amide bonds. The first-order valence-corrected chi connectivity index (χ1v) is 3.35. The monoisotopic (exact) mass is 138 g/mol. The van der Waals surface area contributed by atoms with Gasteiger partial charge in [0.05, 0.1) is 6.07 Å². The molecule has 0 unspecified atom stereocenters. The predicted molar refractivity (Wildman–Crippen MR) is 36.0 cm³/mol. The molecule has 0 N–H and O–H groups in total. The molecule has 1 saturated heterocycles. The van der Waals surface area contributed by atoms with Crippen molar-refractivity contribution in [2.75, 3.05) is 13.6 Å². The minimum absolute atomic E-state index is 0.167. The maximum atomic E-state index is 10.9. The molecular weight excluding hydrogens is 128 g/mol. The Labute approximate surface area is 60.2 Å². The highest BCUT2D eigenvalue weighted by Gasteiger charge is 2.25. The van der Waals surface area contributed by atoms with E-state index in [1.54, 1.807) is 11.9 Å².